The molecule has 14 rings (SSSR count). The molecule has 0 amide bonds. The molecular weight excluding hydrogens is 701 g/mol. The molecule has 0 heterocycles. The number of fused-ring (bicyclic) bond motifs is 3. The van der Waals surface area contributed by atoms with Gasteiger partial charge >= 0.3 is 0 Å². The molecular formula is C56H44N2. The molecule has 9 aromatic carbocycles. The van der Waals surface area contributed by atoms with Gasteiger partial charge in [0, 0.05) is 38.8 Å². The van der Waals surface area contributed by atoms with Crippen LogP contribution >= 0.6 is 0 Å². The van der Waals surface area contributed by atoms with Gasteiger partial charge in [-0.2, -0.15) is 0 Å². The molecule has 5 aliphatic rings. The summed E-state index contributed by atoms with van der Waals surface area (Å²) in [5.74, 6) is 3.28. The lowest BCUT2D eigenvalue weighted by Gasteiger charge is -2.61. The van der Waals surface area contributed by atoms with E-state index in [1.54, 1.807) is 11.1 Å². The minimum atomic E-state index is 0.111. The van der Waals surface area contributed by atoms with Crippen LogP contribution in [0.4, 0.5) is 34.1 Å². The topological polar surface area (TPSA) is 6.48 Å². The fourth-order valence-corrected chi connectivity index (χ4v) is 13.1. The summed E-state index contributed by atoms with van der Waals surface area (Å²) in [7, 11) is 0. The Morgan fingerprint density at radius 2 is 0.828 bits per heavy atom. The molecule has 2 nitrogen and oxygen atoms in total. The second-order valence-electron chi connectivity index (χ2n) is 17.7. The van der Waals surface area contributed by atoms with E-state index in [-0.39, 0.29) is 5.41 Å². The van der Waals surface area contributed by atoms with Crippen molar-refractivity contribution in [3.8, 4) is 11.1 Å². The lowest BCUT2D eigenvalue weighted by Crippen LogP contribution is -2.55. The molecule has 278 valence electrons. The van der Waals surface area contributed by atoms with Crippen LogP contribution in [0.15, 0.2) is 182 Å². The molecule has 58 heavy (non-hydrogen) atoms. The van der Waals surface area contributed by atoms with Gasteiger partial charge in [0.05, 0.1) is 17.1 Å². The van der Waals surface area contributed by atoms with Crippen molar-refractivity contribution in [1.29, 1.82) is 0 Å². The second-order valence-corrected chi connectivity index (χ2v) is 17.7. The molecule has 0 aliphatic heterocycles. The zero-order valence-corrected chi connectivity index (χ0v) is 32.6. The molecule has 0 radical (unpaired) electrons. The van der Waals surface area contributed by atoms with Gasteiger partial charge in [0.1, 0.15) is 0 Å². The average Bonchev–Trinajstić information content (AvgIpc) is 3.58. The Hall–Kier alpha value is -6.38. The minimum Gasteiger partial charge on any atom is -0.310 e. The Kier molecular flexibility index (Phi) is 6.94. The van der Waals surface area contributed by atoms with Gasteiger partial charge in [-0.3, -0.25) is 0 Å². The van der Waals surface area contributed by atoms with E-state index in [1.807, 2.05) is 0 Å². The molecule has 2 heteroatoms. The zero-order valence-electron chi connectivity index (χ0n) is 32.6. The standard InChI is InChI=1S/C56H44N2/c1-4-13-42(14-5-1)57(43-15-6-2-7-16-43)50-29-25-38-24-28-47-51(30-26-39-23-27-46(50)53(38)54(39)47)58(44-17-8-3-9-18-44)52-22-12-21-49-55(52)45-19-10-11-20-48(45)56(49)40-32-36-31-37(34-40)35-41(56)33-36/h1-30,36-37,40-41H,31-35H2. The molecule has 4 fully saturated rings. The molecule has 5 aliphatic carbocycles. The monoisotopic (exact) mass is 744 g/mol. The van der Waals surface area contributed by atoms with E-state index in [9.17, 15) is 0 Å². The predicted octanol–water partition coefficient (Wildman–Crippen LogP) is 15.2. The van der Waals surface area contributed by atoms with Crippen LogP contribution in [-0.4, -0.2) is 0 Å². The van der Waals surface area contributed by atoms with Crippen molar-refractivity contribution >= 4 is 66.4 Å². The van der Waals surface area contributed by atoms with Crippen molar-refractivity contribution < 1.29 is 0 Å². The Labute approximate surface area is 340 Å². The third-order valence-corrected chi connectivity index (χ3v) is 14.9. The maximum Gasteiger partial charge on any atom is 0.0543 e. The van der Waals surface area contributed by atoms with Gasteiger partial charge in [0.15, 0.2) is 0 Å². The van der Waals surface area contributed by atoms with Crippen molar-refractivity contribution in [2.75, 3.05) is 9.80 Å². The van der Waals surface area contributed by atoms with Crippen LogP contribution < -0.4 is 9.80 Å². The lowest BCUT2D eigenvalue weighted by atomic mass is 9.43. The van der Waals surface area contributed by atoms with Crippen LogP contribution in [-0.2, 0) is 5.41 Å². The molecule has 4 saturated carbocycles. The molecule has 1 spiro atoms. The first-order valence-corrected chi connectivity index (χ1v) is 21.4. The number of hydrogen-bond donors (Lipinski definition) is 0. The summed E-state index contributed by atoms with van der Waals surface area (Å²) < 4.78 is 0. The number of benzene rings is 9. The van der Waals surface area contributed by atoms with E-state index in [1.165, 1.54) is 98.3 Å². The van der Waals surface area contributed by atoms with Gasteiger partial charge in [-0.05, 0) is 149 Å². The zero-order chi connectivity index (χ0) is 38.0. The van der Waals surface area contributed by atoms with Crippen LogP contribution in [0.1, 0.15) is 43.2 Å². The average molecular weight is 745 g/mol. The fraction of sp³-hybridized carbons (Fsp3) is 0.179. The second kappa shape index (κ2) is 12.3. The van der Waals surface area contributed by atoms with Gasteiger partial charge in [-0.1, -0.05) is 127 Å². The summed E-state index contributed by atoms with van der Waals surface area (Å²) in [6.07, 6.45) is 7.01. The first kappa shape index (κ1) is 32.7. The van der Waals surface area contributed by atoms with E-state index >= 15 is 0 Å². The van der Waals surface area contributed by atoms with Crippen molar-refractivity contribution in [1.82, 2.24) is 0 Å². The van der Waals surface area contributed by atoms with Crippen LogP contribution in [0, 0.1) is 23.7 Å². The van der Waals surface area contributed by atoms with Crippen molar-refractivity contribution in [3.05, 3.63) is 193 Å². The maximum atomic E-state index is 2.59. The van der Waals surface area contributed by atoms with Crippen LogP contribution in [0.5, 0.6) is 0 Å². The van der Waals surface area contributed by atoms with Gasteiger partial charge < -0.3 is 9.80 Å². The van der Waals surface area contributed by atoms with Gasteiger partial charge in [0.25, 0.3) is 0 Å². The number of hydrogen-bond acceptors (Lipinski definition) is 2. The van der Waals surface area contributed by atoms with E-state index in [2.05, 4.69) is 192 Å². The number of rotatable bonds is 6. The molecule has 9 aromatic rings. The fourth-order valence-electron chi connectivity index (χ4n) is 13.1. The minimum absolute atomic E-state index is 0.111. The normalized spacial score (nSPS) is 22.6. The first-order valence-electron chi connectivity index (χ1n) is 21.4. The third kappa shape index (κ3) is 4.44. The Morgan fingerprint density at radius 1 is 0.362 bits per heavy atom. The molecule has 0 aromatic heterocycles. The van der Waals surface area contributed by atoms with Crippen molar-refractivity contribution in [2.45, 2.75) is 37.5 Å². The molecule has 0 saturated heterocycles. The SMILES string of the molecule is c1ccc(N(c2ccccc2)c2ccc3ccc4c(N(c5ccccc5)c5cccc6c5-c5ccccc5C65C6CC7CC(C6)CC5C7)ccc5ccc2c3c54)cc1. The van der Waals surface area contributed by atoms with Crippen molar-refractivity contribution in [3.63, 3.8) is 0 Å². The van der Waals surface area contributed by atoms with Gasteiger partial charge in [-0.15, -0.1) is 0 Å². The van der Waals surface area contributed by atoms with E-state index < -0.39 is 0 Å². The van der Waals surface area contributed by atoms with E-state index in [0.29, 0.717) is 0 Å². The summed E-state index contributed by atoms with van der Waals surface area (Å²) in [4.78, 5) is 5.01. The quantitative estimate of drug-likeness (QED) is 0.156. The highest BCUT2D eigenvalue weighted by Gasteiger charge is 2.61. The van der Waals surface area contributed by atoms with Crippen LogP contribution in [0.2, 0.25) is 0 Å². The largest absolute Gasteiger partial charge is 0.310 e. The predicted molar refractivity (Wildman–Crippen MR) is 243 cm³/mol. The molecule has 4 bridgehead atoms. The molecule has 0 N–H and O–H groups in total. The summed E-state index contributed by atoms with van der Waals surface area (Å²) in [6, 6.07) is 68.4. The van der Waals surface area contributed by atoms with Crippen molar-refractivity contribution in [2.24, 2.45) is 23.7 Å². The summed E-state index contributed by atoms with van der Waals surface area (Å²) in [5.41, 5.74) is 13.4. The maximum absolute atomic E-state index is 2.59. The number of nitrogens with zero attached hydrogens (tertiary/aromatic N) is 2. The smallest absolute Gasteiger partial charge is 0.0543 e. The highest BCUT2D eigenvalue weighted by Crippen LogP contribution is 2.70. The Morgan fingerprint density at radius 3 is 1.40 bits per heavy atom. The van der Waals surface area contributed by atoms with E-state index in [4.69, 9.17) is 0 Å². The van der Waals surface area contributed by atoms with Gasteiger partial charge in [0.2, 0.25) is 0 Å². The molecule has 0 atom stereocenters. The number of para-hydroxylation sites is 3. The van der Waals surface area contributed by atoms with Crippen LogP contribution in [0.25, 0.3) is 43.4 Å². The number of anilines is 6. The van der Waals surface area contributed by atoms with Crippen LogP contribution in [0.3, 0.4) is 0 Å². The molecule has 0 unspecified atom stereocenters. The lowest BCUT2D eigenvalue weighted by molar-refractivity contribution is -0.0399. The highest BCUT2D eigenvalue weighted by molar-refractivity contribution is 6.28. The van der Waals surface area contributed by atoms with E-state index in [0.717, 1.165) is 35.0 Å². The Bertz CT molecular complexity index is 2960. The van der Waals surface area contributed by atoms with Gasteiger partial charge in [-0.25, -0.2) is 0 Å². The summed E-state index contributed by atoms with van der Waals surface area (Å²) >= 11 is 0. The third-order valence-electron chi connectivity index (χ3n) is 14.9. The Balaban J connectivity index is 1.06. The first-order chi connectivity index (χ1) is 28.8. The highest BCUT2D eigenvalue weighted by atomic mass is 15.2. The summed E-state index contributed by atoms with van der Waals surface area (Å²) in [5, 5.41) is 7.70. The summed E-state index contributed by atoms with van der Waals surface area (Å²) in [6.45, 7) is 0.